The average Bonchev–Trinajstić information content (AvgIpc) is 2.70. The summed E-state index contributed by atoms with van der Waals surface area (Å²) in [6.45, 7) is 0.906. The van der Waals surface area contributed by atoms with Gasteiger partial charge in [0.25, 0.3) is 0 Å². The van der Waals surface area contributed by atoms with Crippen LogP contribution in [0.5, 0.6) is 0 Å². The van der Waals surface area contributed by atoms with Crippen LogP contribution in [-0.4, -0.2) is 43.3 Å². The first-order chi connectivity index (χ1) is 13.9. The molecule has 0 aromatic rings. The molecule has 0 saturated carbocycles. The van der Waals surface area contributed by atoms with Crippen LogP contribution in [0.1, 0.15) is 64.2 Å². The Morgan fingerprint density at radius 1 is 0.655 bits per heavy atom. The first kappa shape index (κ1) is 27.2. The summed E-state index contributed by atoms with van der Waals surface area (Å²) < 4.78 is 31.1. The smallest absolute Gasteiger partial charge is 0.456 e. The van der Waals surface area contributed by atoms with Crippen molar-refractivity contribution >= 4 is 19.8 Å². The standard InChI is InChI=1S/C20H31O8P/c1-3-19(21)25-15-11-7-5-9-13-17-27-29(23,24)28-18-14-10-6-8-12-16-26-20(22)4-2/h1-2H,5-18H2,(H,23,24). The molecule has 0 spiro atoms. The molecule has 0 rings (SSSR count). The number of terminal acetylenes is 2. The van der Waals surface area contributed by atoms with Crippen molar-refractivity contribution in [2.45, 2.75) is 64.2 Å². The minimum absolute atomic E-state index is 0.149. The zero-order chi connectivity index (χ0) is 21.8. The van der Waals surface area contributed by atoms with Gasteiger partial charge < -0.3 is 14.4 Å². The number of hydrogen-bond donors (Lipinski definition) is 1. The van der Waals surface area contributed by atoms with E-state index in [1.807, 2.05) is 11.8 Å². The number of carbonyl (C=O) groups is 2. The fourth-order valence-electron chi connectivity index (χ4n) is 2.28. The van der Waals surface area contributed by atoms with Gasteiger partial charge in [0.2, 0.25) is 0 Å². The van der Waals surface area contributed by atoms with Crippen molar-refractivity contribution in [3.8, 4) is 24.7 Å². The van der Waals surface area contributed by atoms with Gasteiger partial charge in [-0.25, -0.2) is 14.2 Å². The van der Waals surface area contributed by atoms with Crippen molar-refractivity contribution in [3.63, 3.8) is 0 Å². The molecule has 8 nitrogen and oxygen atoms in total. The fraction of sp³-hybridized carbons (Fsp3) is 0.700. The highest BCUT2D eigenvalue weighted by atomic mass is 31.2. The average molecular weight is 430 g/mol. The minimum atomic E-state index is -4.01. The lowest BCUT2D eigenvalue weighted by Crippen LogP contribution is -2.02. The van der Waals surface area contributed by atoms with Gasteiger partial charge in [0.05, 0.1) is 26.4 Å². The summed E-state index contributed by atoms with van der Waals surface area (Å²) in [7, 11) is -4.01. The molecule has 0 aliphatic heterocycles. The van der Waals surface area contributed by atoms with Crippen LogP contribution >= 0.6 is 7.82 Å². The summed E-state index contributed by atoms with van der Waals surface area (Å²) in [6, 6.07) is 0. The summed E-state index contributed by atoms with van der Waals surface area (Å²) in [5.74, 6) is 2.44. The molecule has 0 atom stereocenters. The van der Waals surface area contributed by atoms with E-state index in [-0.39, 0.29) is 13.2 Å². The molecule has 0 aromatic heterocycles. The second-order valence-electron chi connectivity index (χ2n) is 6.23. The molecule has 9 heteroatoms. The van der Waals surface area contributed by atoms with E-state index in [0.717, 1.165) is 51.4 Å². The molecule has 0 aliphatic rings. The van der Waals surface area contributed by atoms with Crippen LogP contribution in [0, 0.1) is 24.7 Å². The van der Waals surface area contributed by atoms with Crippen molar-refractivity contribution < 1.29 is 37.6 Å². The van der Waals surface area contributed by atoms with Crippen molar-refractivity contribution in [2.24, 2.45) is 0 Å². The number of unbranched alkanes of at least 4 members (excludes halogenated alkanes) is 8. The zero-order valence-corrected chi connectivity index (χ0v) is 17.7. The summed E-state index contributed by atoms with van der Waals surface area (Å²) in [5, 5.41) is 0. The maximum absolute atomic E-state index is 11.7. The molecular formula is C20H31O8P. The Kier molecular flexibility index (Phi) is 17.1. The molecule has 164 valence electrons. The molecule has 0 heterocycles. The van der Waals surface area contributed by atoms with Gasteiger partial charge in [-0.2, -0.15) is 0 Å². The Morgan fingerprint density at radius 2 is 0.966 bits per heavy atom. The third kappa shape index (κ3) is 19.3. The molecule has 1 N–H and O–H groups in total. The second-order valence-corrected chi connectivity index (χ2v) is 7.68. The molecule has 0 fully saturated rings. The number of rotatable bonds is 18. The predicted octanol–water partition coefficient (Wildman–Crippen LogP) is 3.37. The van der Waals surface area contributed by atoms with E-state index in [2.05, 4.69) is 0 Å². The SMILES string of the molecule is C#CC(=O)OCCCCCCCOP(=O)(O)OCCCCCCCOC(=O)C#C. The van der Waals surface area contributed by atoms with Crippen LogP contribution < -0.4 is 0 Å². The third-order valence-electron chi connectivity index (χ3n) is 3.79. The topological polar surface area (TPSA) is 108 Å². The van der Waals surface area contributed by atoms with Crippen molar-refractivity contribution in [3.05, 3.63) is 0 Å². The van der Waals surface area contributed by atoms with Crippen LogP contribution in [0.25, 0.3) is 0 Å². The lowest BCUT2D eigenvalue weighted by atomic mass is 10.1. The Labute approximate surface area is 173 Å². The van der Waals surface area contributed by atoms with E-state index >= 15 is 0 Å². The van der Waals surface area contributed by atoms with Gasteiger partial charge in [0, 0.05) is 11.8 Å². The number of ether oxygens (including phenoxy) is 2. The largest absolute Gasteiger partial charge is 0.472 e. The highest BCUT2D eigenvalue weighted by Crippen LogP contribution is 2.43. The molecule has 0 unspecified atom stereocenters. The first-order valence-corrected chi connectivity index (χ1v) is 11.3. The molecule has 0 bridgehead atoms. The third-order valence-corrected chi connectivity index (χ3v) is 4.81. The monoisotopic (exact) mass is 430 g/mol. The number of hydrogen-bond acceptors (Lipinski definition) is 7. The number of esters is 2. The number of carbonyl (C=O) groups excluding carboxylic acids is 2. The quantitative estimate of drug-likeness (QED) is 0.116. The summed E-state index contributed by atoms with van der Waals surface area (Å²) in [6.07, 6.45) is 17.7. The Bertz CT molecular complexity index is 542. The minimum Gasteiger partial charge on any atom is -0.456 e. The first-order valence-electron chi connectivity index (χ1n) is 9.80. The Morgan fingerprint density at radius 3 is 1.31 bits per heavy atom. The predicted molar refractivity (Wildman–Crippen MR) is 107 cm³/mol. The Balaban J connectivity index is 3.44. The van der Waals surface area contributed by atoms with Crippen LogP contribution in [0.4, 0.5) is 0 Å². The van der Waals surface area contributed by atoms with Gasteiger partial charge >= 0.3 is 19.8 Å². The Hall–Kier alpha value is -1.83. The van der Waals surface area contributed by atoms with Crippen LogP contribution in [0.3, 0.4) is 0 Å². The molecule has 29 heavy (non-hydrogen) atoms. The molecule has 0 saturated heterocycles. The summed E-state index contributed by atoms with van der Waals surface area (Å²) >= 11 is 0. The lowest BCUT2D eigenvalue weighted by Gasteiger charge is -2.12. The van der Waals surface area contributed by atoms with Gasteiger partial charge in [-0.1, -0.05) is 38.5 Å². The van der Waals surface area contributed by atoms with E-state index in [1.165, 1.54) is 0 Å². The highest BCUT2D eigenvalue weighted by molar-refractivity contribution is 7.47. The van der Waals surface area contributed by atoms with Crippen LogP contribution in [0.15, 0.2) is 0 Å². The molecular weight excluding hydrogens is 399 g/mol. The van der Waals surface area contributed by atoms with Crippen molar-refractivity contribution in [1.82, 2.24) is 0 Å². The van der Waals surface area contributed by atoms with Gasteiger partial charge in [-0.15, -0.1) is 12.8 Å². The van der Waals surface area contributed by atoms with E-state index in [9.17, 15) is 19.0 Å². The normalized spacial score (nSPS) is 10.7. The van der Waals surface area contributed by atoms with Gasteiger partial charge in [0.1, 0.15) is 0 Å². The molecule has 0 aliphatic carbocycles. The van der Waals surface area contributed by atoms with E-state index < -0.39 is 19.8 Å². The summed E-state index contributed by atoms with van der Waals surface area (Å²) in [4.78, 5) is 31.0. The zero-order valence-electron chi connectivity index (χ0n) is 16.8. The fourth-order valence-corrected chi connectivity index (χ4v) is 3.07. The van der Waals surface area contributed by atoms with Gasteiger partial charge in [0.15, 0.2) is 0 Å². The van der Waals surface area contributed by atoms with E-state index in [4.69, 9.17) is 31.4 Å². The van der Waals surface area contributed by atoms with E-state index in [1.54, 1.807) is 0 Å². The lowest BCUT2D eigenvalue weighted by molar-refractivity contribution is -0.137. The van der Waals surface area contributed by atoms with Crippen LogP contribution in [-0.2, 0) is 32.7 Å². The molecule has 0 aromatic carbocycles. The van der Waals surface area contributed by atoms with E-state index in [0.29, 0.717) is 26.1 Å². The number of phosphoric acid groups is 1. The van der Waals surface area contributed by atoms with Crippen molar-refractivity contribution in [1.29, 1.82) is 0 Å². The molecule has 0 amide bonds. The highest BCUT2D eigenvalue weighted by Gasteiger charge is 2.19. The maximum atomic E-state index is 11.7. The maximum Gasteiger partial charge on any atom is 0.472 e. The van der Waals surface area contributed by atoms with Gasteiger partial charge in [-0.05, 0) is 25.7 Å². The van der Waals surface area contributed by atoms with Gasteiger partial charge in [-0.3, -0.25) is 9.05 Å². The molecule has 0 radical (unpaired) electrons. The second kappa shape index (κ2) is 18.2. The number of phosphoric ester groups is 1. The summed E-state index contributed by atoms with van der Waals surface area (Å²) in [5.41, 5.74) is 0. The van der Waals surface area contributed by atoms with Crippen molar-refractivity contribution in [2.75, 3.05) is 26.4 Å². The van der Waals surface area contributed by atoms with Crippen LogP contribution in [0.2, 0.25) is 0 Å².